The summed E-state index contributed by atoms with van der Waals surface area (Å²) in [5.41, 5.74) is 7.44. The fourth-order valence-electron chi connectivity index (χ4n) is 5.65. The lowest BCUT2D eigenvalue weighted by Crippen LogP contribution is -2.49. The molecule has 0 saturated carbocycles. The van der Waals surface area contributed by atoms with Crippen LogP contribution >= 0.6 is 11.3 Å². The second kappa shape index (κ2) is 12.0. The van der Waals surface area contributed by atoms with Crippen molar-refractivity contribution in [3.63, 3.8) is 0 Å². The zero-order valence-electron chi connectivity index (χ0n) is 21.2. The van der Waals surface area contributed by atoms with Gasteiger partial charge in [0.25, 0.3) is 0 Å². The molecular formula is C30H39N3OS. The number of nitrogens with two attached hydrogens (primary N) is 1. The molecule has 1 aromatic heterocycles. The van der Waals surface area contributed by atoms with Crippen molar-refractivity contribution in [3.05, 3.63) is 93.7 Å². The normalized spacial score (nSPS) is 16.7. The Morgan fingerprint density at radius 3 is 2.06 bits per heavy atom. The summed E-state index contributed by atoms with van der Waals surface area (Å²) in [6.45, 7) is 4.11. The highest BCUT2D eigenvalue weighted by Gasteiger charge is 2.49. The van der Waals surface area contributed by atoms with E-state index in [2.05, 4.69) is 60.3 Å². The molecule has 1 aliphatic rings. The monoisotopic (exact) mass is 489 g/mol. The Balaban J connectivity index is 1.40. The predicted octanol–water partition coefficient (Wildman–Crippen LogP) is 4.97. The van der Waals surface area contributed by atoms with Crippen LogP contribution in [0, 0.1) is 5.92 Å². The summed E-state index contributed by atoms with van der Waals surface area (Å²) < 4.78 is 0. The van der Waals surface area contributed by atoms with Gasteiger partial charge in [0, 0.05) is 16.3 Å². The van der Waals surface area contributed by atoms with Gasteiger partial charge in [-0.15, -0.1) is 11.3 Å². The van der Waals surface area contributed by atoms with E-state index in [1.54, 1.807) is 0 Å². The van der Waals surface area contributed by atoms with Gasteiger partial charge in [0.15, 0.2) is 0 Å². The second-order valence-corrected chi connectivity index (χ2v) is 11.3. The predicted molar refractivity (Wildman–Crippen MR) is 147 cm³/mol. The topological polar surface area (TPSA) is 49.6 Å². The first kappa shape index (κ1) is 25.6. The summed E-state index contributed by atoms with van der Waals surface area (Å²) in [4.78, 5) is 21.0. The van der Waals surface area contributed by atoms with Crippen molar-refractivity contribution in [2.24, 2.45) is 11.7 Å². The Kier molecular flexibility index (Phi) is 8.77. The third-order valence-corrected chi connectivity index (χ3v) is 8.58. The molecule has 0 spiro atoms. The molecule has 35 heavy (non-hydrogen) atoms. The van der Waals surface area contributed by atoms with Crippen LogP contribution in [0.3, 0.4) is 0 Å². The number of likely N-dealkylation sites (tertiary alicyclic amines) is 1. The molecule has 1 aliphatic heterocycles. The Morgan fingerprint density at radius 1 is 0.943 bits per heavy atom. The number of hydrogen-bond donors (Lipinski definition) is 1. The maximum Gasteiger partial charge on any atom is 0.232 e. The van der Waals surface area contributed by atoms with Crippen molar-refractivity contribution in [2.75, 3.05) is 40.3 Å². The summed E-state index contributed by atoms with van der Waals surface area (Å²) in [6, 6.07) is 24.9. The van der Waals surface area contributed by atoms with E-state index in [1.807, 2.05) is 47.7 Å². The van der Waals surface area contributed by atoms with Crippen LogP contribution < -0.4 is 5.73 Å². The highest BCUT2D eigenvalue weighted by Crippen LogP contribution is 2.43. The van der Waals surface area contributed by atoms with Gasteiger partial charge in [0.05, 0.1) is 0 Å². The fourth-order valence-corrected chi connectivity index (χ4v) is 6.75. The molecule has 0 bridgehead atoms. The summed E-state index contributed by atoms with van der Waals surface area (Å²) in [6.07, 6.45) is 5.63. The molecule has 3 aromatic rings. The van der Waals surface area contributed by atoms with Crippen molar-refractivity contribution < 1.29 is 4.79 Å². The quantitative estimate of drug-likeness (QED) is 0.391. The molecule has 2 heterocycles. The smallest absolute Gasteiger partial charge is 0.232 e. The zero-order valence-corrected chi connectivity index (χ0v) is 22.0. The summed E-state index contributed by atoms with van der Waals surface area (Å²) in [5, 5.41) is 0. The second-order valence-electron chi connectivity index (χ2n) is 10.1. The van der Waals surface area contributed by atoms with E-state index < -0.39 is 5.41 Å². The minimum atomic E-state index is -0.799. The van der Waals surface area contributed by atoms with Crippen molar-refractivity contribution in [3.8, 4) is 0 Å². The van der Waals surface area contributed by atoms with Crippen molar-refractivity contribution in [1.82, 2.24) is 9.80 Å². The van der Waals surface area contributed by atoms with Gasteiger partial charge in [-0.2, -0.15) is 0 Å². The number of thiophene rings is 1. The van der Waals surface area contributed by atoms with Gasteiger partial charge in [-0.3, -0.25) is 4.79 Å². The van der Waals surface area contributed by atoms with E-state index in [0.29, 0.717) is 0 Å². The van der Waals surface area contributed by atoms with Crippen LogP contribution in [-0.2, 0) is 23.1 Å². The maximum absolute atomic E-state index is 13.2. The maximum atomic E-state index is 13.2. The minimum absolute atomic E-state index is 0.162. The number of aryl methyl sites for hydroxylation is 2. The highest BCUT2D eigenvalue weighted by atomic mass is 32.1. The van der Waals surface area contributed by atoms with Crippen LogP contribution in [0.2, 0.25) is 0 Å². The van der Waals surface area contributed by atoms with Gasteiger partial charge in [-0.1, -0.05) is 60.7 Å². The lowest BCUT2D eigenvalue weighted by Gasteiger charge is -2.37. The van der Waals surface area contributed by atoms with E-state index in [-0.39, 0.29) is 11.8 Å². The Morgan fingerprint density at radius 2 is 1.51 bits per heavy atom. The number of hydrogen-bond acceptors (Lipinski definition) is 4. The average molecular weight is 490 g/mol. The van der Waals surface area contributed by atoms with Crippen molar-refractivity contribution in [1.29, 1.82) is 0 Å². The van der Waals surface area contributed by atoms with Gasteiger partial charge in [0.1, 0.15) is 5.41 Å². The van der Waals surface area contributed by atoms with Gasteiger partial charge in [-0.05, 0) is 95.0 Å². The molecular weight excluding hydrogens is 450 g/mol. The molecule has 0 radical (unpaired) electrons. The number of carbonyl (C=O) groups is 1. The average Bonchev–Trinajstić information content (AvgIpc) is 3.51. The van der Waals surface area contributed by atoms with E-state index in [1.165, 1.54) is 22.6 Å². The first-order valence-corrected chi connectivity index (χ1v) is 13.7. The number of benzene rings is 2. The van der Waals surface area contributed by atoms with Crippen LogP contribution in [0.25, 0.3) is 0 Å². The molecule has 2 N–H and O–H groups in total. The van der Waals surface area contributed by atoms with Crippen LogP contribution in [0.1, 0.15) is 40.1 Å². The molecule has 5 heteroatoms. The van der Waals surface area contributed by atoms with E-state index in [9.17, 15) is 4.79 Å². The van der Waals surface area contributed by atoms with E-state index >= 15 is 0 Å². The summed E-state index contributed by atoms with van der Waals surface area (Å²) in [5.74, 6) is -0.0861. The molecule has 1 atom stereocenters. The summed E-state index contributed by atoms with van der Waals surface area (Å²) >= 11 is 1.97. The van der Waals surface area contributed by atoms with E-state index in [4.69, 9.17) is 5.73 Å². The highest BCUT2D eigenvalue weighted by molar-refractivity contribution is 7.11. The minimum Gasteiger partial charge on any atom is -0.369 e. The van der Waals surface area contributed by atoms with Gasteiger partial charge in [0.2, 0.25) is 5.91 Å². The fraction of sp³-hybridized carbons (Fsp3) is 0.433. The first-order valence-electron chi connectivity index (χ1n) is 12.9. The van der Waals surface area contributed by atoms with Crippen LogP contribution in [-0.4, -0.2) is 56.0 Å². The van der Waals surface area contributed by atoms with Crippen LogP contribution in [0.15, 0.2) is 72.8 Å². The Hall–Kier alpha value is -2.47. The van der Waals surface area contributed by atoms with Crippen molar-refractivity contribution in [2.45, 2.75) is 37.5 Å². The molecule has 0 unspecified atom stereocenters. The van der Waals surface area contributed by atoms with Gasteiger partial charge in [-0.25, -0.2) is 0 Å². The molecule has 4 rings (SSSR count). The lowest BCUT2D eigenvalue weighted by molar-refractivity contribution is -0.123. The molecule has 1 saturated heterocycles. The Labute approximate surface area is 214 Å². The van der Waals surface area contributed by atoms with Gasteiger partial charge < -0.3 is 15.5 Å². The Bertz CT molecular complexity index is 1020. The molecule has 4 nitrogen and oxygen atoms in total. The third-order valence-electron chi connectivity index (χ3n) is 7.37. The number of primary amides is 1. The lowest BCUT2D eigenvalue weighted by atomic mass is 9.64. The summed E-state index contributed by atoms with van der Waals surface area (Å²) in [7, 11) is 4.27. The molecule has 2 aromatic carbocycles. The molecule has 186 valence electrons. The molecule has 1 fully saturated rings. The largest absolute Gasteiger partial charge is 0.369 e. The van der Waals surface area contributed by atoms with E-state index in [0.717, 1.165) is 56.6 Å². The number of amides is 1. The van der Waals surface area contributed by atoms with Crippen LogP contribution in [0.5, 0.6) is 0 Å². The molecule has 1 amide bonds. The van der Waals surface area contributed by atoms with Gasteiger partial charge >= 0.3 is 0 Å². The molecule has 0 aliphatic carbocycles. The van der Waals surface area contributed by atoms with Crippen molar-refractivity contribution >= 4 is 17.2 Å². The third kappa shape index (κ3) is 6.03. The number of carbonyl (C=O) groups excluding carboxylic acids is 1. The first-order chi connectivity index (χ1) is 17.0. The SMILES string of the molecule is CN(C)CCCc1ccc(CCCN2CC[C@@H](C(C(N)=O)(c3ccccc3)c3ccccc3)C2)s1. The number of rotatable bonds is 12. The van der Waals surface area contributed by atoms with Crippen LogP contribution in [0.4, 0.5) is 0 Å². The number of nitrogens with zero attached hydrogens (tertiary/aromatic N) is 2. The standard InChI is InChI=1S/C30H39N3OS/c1-32(2)20-9-15-27-17-18-28(35-27)16-10-21-33-22-19-26(23-33)30(29(31)34,24-11-5-3-6-12-24)25-13-7-4-8-14-25/h3-8,11-14,17-18,26H,9-10,15-16,19-23H2,1-2H3,(H2,31,34)/t26-/m1/s1. The zero-order chi connectivity index (χ0) is 24.7.